The van der Waals surface area contributed by atoms with Gasteiger partial charge in [-0.25, -0.2) is 0 Å². The number of hydrogen-bond donors (Lipinski definition) is 0. The Morgan fingerprint density at radius 3 is 1.80 bits per heavy atom. The summed E-state index contributed by atoms with van der Waals surface area (Å²) in [5.74, 6) is 0. The number of hydrogen-bond acceptors (Lipinski definition) is 3. The van der Waals surface area contributed by atoms with Gasteiger partial charge in [0.15, 0.2) is 0 Å². The van der Waals surface area contributed by atoms with Gasteiger partial charge >= 0.3 is 8.25 Å². The van der Waals surface area contributed by atoms with Crippen LogP contribution in [0, 0.1) is 0 Å². The third-order valence-corrected chi connectivity index (χ3v) is 2.93. The molecule has 0 aliphatic carbocycles. The molecule has 0 N–H and O–H groups in total. The van der Waals surface area contributed by atoms with Crippen molar-refractivity contribution in [1.82, 2.24) is 0 Å². The van der Waals surface area contributed by atoms with Crippen molar-refractivity contribution in [2.45, 2.75) is 58.8 Å². The van der Waals surface area contributed by atoms with E-state index in [4.69, 9.17) is 9.05 Å². The molecule has 4 heteroatoms. The highest BCUT2D eigenvalue weighted by molar-refractivity contribution is 7.33. The van der Waals surface area contributed by atoms with E-state index in [0.717, 1.165) is 32.1 Å². The first-order valence-electron chi connectivity index (χ1n) is 6.04. The normalized spacial score (nSPS) is 11.7. The smallest absolute Gasteiger partial charge is 0.119 e. The van der Waals surface area contributed by atoms with E-state index in [1.54, 1.807) is 0 Å². The van der Waals surface area contributed by atoms with Crippen LogP contribution in [0.4, 0.5) is 0 Å². The van der Waals surface area contributed by atoms with Crippen molar-refractivity contribution in [3.8, 4) is 0 Å². The molecule has 15 heavy (non-hydrogen) atoms. The molecule has 0 heterocycles. The van der Waals surface area contributed by atoms with Crippen molar-refractivity contribution in [1.29, 1.82) is 0 Å². The van der Waals surface area contributed by atoms with Gasteiger partial charge in [-0.3, -0.25) is 0 Å². The van der Waals surface area contributed by atoms with Crippen molar-refractivity contribution in [2.24, 2.45) is 0 Å². The van der Waals surface area contributed by atoms with Crippen LogP contribution in [0.3, 0.4) is 0 Å². The monoisotopic (exact) mass is 235 g/mol. The molecule has 0 radical (unpaired) electrons. The molecule has 0 aromatic carbocycles. The molecule has 0 bridgehead atoms. The zero-order valence-corrected chi connectivity index (χ0v) is 10.9. The van der Waals surface area contributed by atoms with E-state index in [1.165, 1.54) is 12.8 Å². The second-order valence-corrected chi connectivity index (χ2v) is 4.62. The predicted octanol–water partition coefficient (Wildman–Crippen LogP) is 4.45. The molecule has 90 valence electrons. The van der Waals surface area contributed by atoms with Crippen molar-refractivity contribution in [3.63, 3.8) is 0 Å². The van der Waals surface area contributed by atoms with Crippen LogP contribution in [0.15, 0.2) is 0 Å². The largest absolute Gasteiger partial charge is 0.697 e. The molecule has 0 aromatic heterocycles. The lowest BCUT2D eigenvalue weighted by molar-refractivity contribution is 0.219. The van der Waals surface area contributed by atoms with E-state index in [9.17, 15) is 4.57 Å². The van der Waals surface area contributed by atoms with Gasteiger partial charge < -0.3 is 0 Å². The van der Waals surface area contributed by atoms with Crippen LogP contribution in [0.25, 0.3) is 0 Å². The van der Waals surface area contributed by atoms with Crippen molar-refractivity contribution in [3.05, 3.63) is 0 Å². The summed E-state index contributed by atoms with van der Waals surface area (Å²) in [5.41, 5.74) is 0. The summed E-state index contributed by atoms with van der Waals surface area (Å²) in [7, 11) is -1.87. The maximum absolute atomic E-state index is 11.1. The van der Waals surface area contributed by atoms with Crippen molar-refractivity contribution < 1.29 is 13.6 Å². The summed E-state index contributed by atoms with van der Waals surface area (Å²) >= 11 is 0. The Morgan fingerprint density at radius 2 is 1.27 bits per heavy atom. The molecule has 0 aromatic rings. The van der Waals surface area contributed by atoms with E-state index in [1.807, 2.05) is 0 Å². The third-order valence-electron chi connectivity index (χ3n) is 2.14. The van der Waals surface area contributed by atoms with Crippen LogP contribution in [0.2, 0.25) is 0 Å². The van der Waals surface area contributed by atoms with Gasteiger partial charge in [0.1, 0.15) is 13.2 Å². The molecule has 1 atom stereocenters. The van der Waals surface area contributed by atoms with E-state index >= 15 is 0 Å². The van der Waals surface area contributed by atoms with Gasteiger partial charge in [0.05, 0.1) is 0 Å². The summed E-state index contributed by atoms with van der Waals surface area (Å²) < 4.78 is 21.2. The summed E-state index contributed by atoms with van der Waals surface area (Å²) in [6.45, 7) is 5.41. The van der Waals surface area contributed by atoms with Crippen LogP contribution < -0.4 is 0 Å². The highest BCUT2D eigenvalue weighted by Gasteiger charge is 2.18. The van der Waals surface area contributed by atoms with Crippen LogP contribution in [-0.2, 0) is 13.6 Å². The Bertz CT molecular complexity index is 151. The molecular formula is C11H24O3P+. The Hall–Kier alpha value is 0.0200. The van der Waals surface area contributed by atoms with E-state index < -0.39 is 8.25 Å². The highest BCUT2D eigenvalue weighted by atomic mass is 31.1. The first-order valence-corrected chi connectivity index (χ1v) is 7.13. The van der Waals surface area contributed by atoms with Gasteiger partial charge in [0.2, 0.25) is 0 Å². The fourth-order valence-electron chi connectivity index (χ4n) is 1.20. The maximum Gasteiger partial charge on any atom is 0.697 e. The predicted molar refractivity (Wildman–Crippen MR) is 63.2 cm³/mol. The quantitative estimate of drug-likeness (QED) is 0.392. The highest BCUT2D eigenvalue weighted by Crippen LogP contribution is 2.24. The fourth-order valence-corrected chi connectivity index (χ4v) is 1.83. The lowest BCUT2D eigenvalue weighted by atomic mass is 10.2. The maximum atomic E-state index is 11.1. The average molecular weight is 235 g/mol. The molecule has 0 fully saturated rings. The lowest BCUT2D eigenvalue weighted by Gasteiger charge is -1.94. The number of rotatable bonds is 11. The minimum Gasteiger partial charge on any atom is -0.119 e. The first-order chi connectivity index (χ1) is 7.31. The van der Waals surface area contributed by atoms with E-state index in [2.05, 4.69) is 13.8 Å². The zero-order chi connectivity index (χ0) is 11.4. The summed E-state index contributed by atoms with van der Waals surface area (Å²) in [6.07, 6.45) is 7.80. The Morgan fingerprint density at radius 1 is 0.800 bits per heavy atom. The van der Waals surface area contributed by atoms with Gasteiger partial charge in [0, 0.05) is 4.57 Å². The SMILES string of the molecule is CCCCCCO[P+](=O)OCCCCC. The molecule has 0 saturated carbocycles. The van der Waals surface area contributed by atoms with Gasteiger partial charge in [-0.2, -0.15) is 0 Å². The molecular weight excluding hydrogens is 211 g/mol. The van der Waals surface area contributed by atoms with Crippen LogP contribution in [-0.4, -0.2) is 13.2 Å². The van der Waals surface area contributed by atoms with Crippen LogP contribution >= 0.6 is 8.25 Å². The first kappa shape index (κ1) is 15.0. The van der Waals surface area contributed by atoms with Gasteiger partial charge in [-0.15, -0.1) is 9.05 Å². The summed E-state index contributed by atoms with van der Waals surface area (Å²) in [5, 5.41) is 0. The molecule has 0 aliphatic rings. The molecule has 3 nitrogen and oxygen atoms in total. The number of unbranched alkanes of at least 4 members (excludes halogenated alkanes) is 5. The van der Waals surface area contributed by atoms with Crippen molar-refractivity contribution >= 4 is 8.25 Å². The summed E-state index contributed by atoms with van der Waals surface area (Å²) in [6, 6.07) is 0. The van der Waals surface area contributed by atoms with Gasteiger partial charge in [-0.05, 0) is 12.8 Å². The Labute approximate surface area is 94.5 Å². The topological polar surface area (TPSA) is 35.5 Å². The van der Waals surface area contributed by atoms with Gasteiger partial charge in [0.25, 0.3) is 0 Å². The Kier molecular flexibility index (Phi) is 12.1. The average Bonchev–Trinajstić information content (AvgIpc) is 2.24. The molecule has 0 saturated heterocycles. The fraction of sp³-hybridized carbons (Fsp3) is 1.00. The molecule has 0 rings (SSSR count). The second-order valence-electron chi connectivity index (χ2n) is 3.66. The van der Waals surface area contributed by atoms with E-state index in [0.29, 0.717) is 13.2 Å². The molecule has 0 aliphatic heterocycles. The van der Waals surface area contributed by atoms with Gasteiger partial charge in [-0.1, -0.05) is 46.0 Å². The van der Waals surface area contributed by atoms with Crippen LogP contribution in [0.1, 0.15) is 58.8 Å². The Balaban J connectivity index is 3.11. The van der Waals surface area contributed by atoms with Crippen LogP contribution in [0.5, 0.6) is 0 Å². The minimum atomic E-state index is -1.87. The standard InChI is InChI=1S/C11H24O3P/c1-3-5-7-9-11-14-15(12)13-10-8-6-4-2/h3-11H2,1-2H3/q+1. The van der Waals surface area contributed by atoms with Crippen molar-refractivity contribution in [2.75, 3.05) is 13.2 Å². The molecule has 0 amide bonds. The minimum absolute atomic E-state index is 0.554. The van der Waals surface area contributed by atoms with E-state index in [-0.39, 0.29) is 0 Å². The second kappa shape index (κ2) is 12.1. The molecule has 0 spiro atoms. The summed E-state index contributed by atoms with van der Waals surface area (Å²) in [4.78, 5) is 0. The molecule has 1 unspecified atom stereocenters. The third kappa shape index (κ3) is 11.9. The lowest BCUT2D eigenvalue weighted by Crippen LogP contribution is -1.91. The zero-order valence-electron chi connectivity index (χ0n) is 10.0.